The summed E-state index contributed by atoms with van der Waals surface area (Å²) in [7, 11) is 0. The molecule has 0 bridgehead atoms. The molecule has 21 heavy (non-hydrogen) atoms. The zero-order chi connectivity index (χ0) is 14.9. The van der Waals surface area contributed by atoms with Crippen LogP contribution in [0.2, 0.25) is 0 Å². The summed E-state index contributed by atoms with van der Waals surface area (Å²) in [6, 6.07) is 14.3. The summed E-state index contributed by atoms with van der Waals surface area (Å²) < 4.78 is 0. The number of fused-ring (bicyclic) bond motifs is 1. The van der Waals surface area contributed by atoms with Crippen LogP contribution in [0.15, 0.2) is 42.5 Å². The van der Waals surface area contributed by atoms with Gasteiger partial charge in [-0.15, -0.1) is 0 Å². The van der Waals surface area contributed by atoms with Gasteiger partial charge in [-0.25, -0.2) is 0 Å². The van der Waals surface area contributed by atoms with Crippen molar-refractivity contribution in [3.05, 3.63) is 42.5 Å². The minimum absolute atomic E-state index is 0.190. The lowest BCUT2D eigenvalue weighted by molar-refractivity contribution is -0.132. The molecule has 2 aromatic carbocycles. The van der Waals surface area contributed by atoms with Crippen LogP contribution in [-0.2, 0) is 4.79 Å². The predicted octanol–water partition coefficient (Wildman–Crippen LogP) is 3.32. The van der Waals surface area contributed by atoms with E-state index in [-0.39, 0.29) is 11.3 Å². The van der Waals surface area contributed by atoms with Gasteiger partial charge in [-0.2, -0.15) is 0 Å². The smallest absolute Gasteiger partial charge is 0.234 e. The summed E-state index contributed by atoms with van der Waals surface area (Å²) >= 11 is 0. The number of carbonyl (C=O) groups excluding carboxylic acids is 1. The second-order valence-electron chi connectivity index (χ2n) is 5.89. The molecule has 2 N–H and O–H groups in total. The van der Waals surface area contributed by atoms with Crippen LogP contribution < -0.4 is 10.6 Å². The van der Waals surface area contributed by atoms with E-state index in [0.717, 1.165) is 35.7 Å². The Bertz CT molecular complexity index is 650. The van der Waals surface area contributed by atoms with Gasteiger partial charge in [0, 0.05) is 18.5 Å². The Morgan fingerprint density at radius 1 is 1.19 bits per heavy atom. The van der Waals surface area contributed by atoms with Crippen molar-refractivity contribution in [1.82, 2.24) is 0 Å². The second kappa shape index (κ2) is 5.49. The van der Waals surface area contributed by atoms with Crippen LogP contribution >= 0.6 is 0 Å². The Balaban J connectivity index is 2.04. The molecule has 2 aromatic rings. The fourth-order valence-corrected chi connectivity index (χ4v) is 3.26. The highest BCUT2D eigenvalue weighted by molar-refractivity contribution is 6.06. The Hall–Kier alpha value is -1.87. The quantitative estimate of drug-likeness (QED) is 0.935. The van der Waals surface area contributed by atoms with E-state index in [2.05, 4.69) is 18.2 Å². The van der Waals surface area contributed by atoms with Crippen molar-refractivity contribution in [2.24, 2.45) is 11.1 Å². The molecule has 0 heterocycles. The lowest BCUT2D eigenvalue weighted by atomic mass is 9.67. The van der Waals surface area contributed by atoms with Gasteiger partial charge in [0.25, 0.3) is 0 Å². The Kier molecular flexibility index (Phi) is 3.68. The number of hydrogen-bond donors (Lipinski definition) is 1. The molecule has 1 fully saturated rings. The number of nitrogens with zero attached hydrogens (tertiary/aromatic N) is 1. The van der Waals surface area contributed by atoms with Crippen molar-refractivity contribution in [3.8, 4) is 0 Å². The lowest BCUT2D eigenvalue weighted by Gasteiger charge is -2.42. The normalized spacial score (nSPS) is 16.5. The number of nitrogens with two attached hydrogens (primary N) is 1. The van der Waals surface area contributed by atoms with E-state index >= 15 is 0 Å². The minimum atomic E-state index is -0.326. The Labute approximate surface area is 125 Å². The number of anilines is 1. The molecule has 0 aliphatic heterocycles. The van der Waals surface area contributed by atoms with Gasteiger partial charge in [0.2, 0.25) is 5.91 Å². The Morgan fingerprint density at radius 2 is 1.90 bits per heavy atom. The largest absolute Gasteiger partial charge is 0.329 e. The lowest BCUT2D eigenvalue weighted by Crippen LogP contribution is -2.52. The van der Waals surface area contributed by atoms with Gasteiger partial charge in [-0.3, -0.25) is 4.79 Å². The third-order valence-electron chi connectivity index (χ3n) is 4.77. The minimum Gasteiger partial charge on any atom is -0.329 e. The van der Waals surface area contributed by atoms with E-state index in [1.807, 2.05) is 36.1 Å². The number of benzene rings is 2. The molecule has 1 aliphatic carbocycles. The first-order chi connectivity index (χ1) is 10.2. The van der Waals surface area contributed by atoms with E-state index in [4.69, 9.17) is 5.73 Å². The first-order valence-electron chi connectivity index (χ1n) is 7.71. The van der Waals surface area contributed by atoms with Crippen LogP contribution in [0.25, 0.3) is 10.8 Å². The summed E-state index contributed by atoms with van der Waals surface area (Å²) in [4.78, 5) is 14.9. The maximum absolute atomic E-state index is 13.0. The third-order valence-corrected chi connectivity index (χ3v) is 4.77. The molecular formula is C18H22N2O. The SMILES string of the molecule is CCN(C(=O)C1(CN)CCC1)c1cccc2ccccc12. The van der Waals surface area contributed by atoms with Gasteiger partial charge in [0.15, 0.2) is 0 Å². The number of hydrogen-bond acceptors (Lipinski definition) is 2. The molecule has 0 spiro atoms. The number of amides is 1. The summed E-state index contributed by atoms with van der Waals surface area (Å²) in [6.45, 7) is 3.16. The van der Waals surface area contributed by atoms with Gasteiger partial charge in [0.05, 0.1) is 11.1 Å². The highest BCUT2D eigenvalue weighted by Gasteiger charge is 2.45. The molecule has 0 aromatic heterocycles. The summed E-state index contributed by atoms with van der Waals surface area (Å²) in [6.07, 6.45) is 2.95. The van der Waals surface area contributed by atoms with E-state index in [9.17, 15) is 4.79 Å². The maximum atomic E-state index is 13.0. The molecule has 0 radical (unpaired) electrons. The van der Waals surface area contributed by atoms with Crippen LogP contribution in [0, 0.1) is 5.41 Å². The topological polar surface area (TPSA) is 46.3 Å². The third kappa shape index (κ3) is 2.22. The fourth-order valence-electron chi connectivity index (χ4n) is 3.26. The van der Waals surface area contributed by atoms with Crippen molar-refractivity contribution in [1.29, 1.82) is 0 Å². The molecule has 1 aliphatic rings. The second-order valence-corrected chi connectivity index (χ2v) is 5.89. The van der Waals surface area contributed by atoms with Crippen molar-refractivity contribution >= 4 is 22.4 Å². The molecule has 0 saturated heterocycles. The molecule has 3 nitrogen and oxygen atoms in total. The molecule has 0 atom stereocenters. The van der Waals surface area contributed by atoms with Gasteiger partial charge in [0.1, 0.15) is 0 Å². The average Bonchev–Trinajstić information content (AvgIpc) is 2.48. The molecule has 1 amide bonds. The maximum Gasteiger partial charge on any atom is 0.234 e. The van der Waals surface area contributed by atoms with Gasteiger partial charge >= 0.3 is 0 Å². The van der Waals surface area contributed by atoms with Crippen molar-refractivity contribution < 1.29 is 4.79 Å². The molecular weight excluding hydrogens is 260 g/mol. The number of carbonyl (C=O) groups is 1. The van der Waals surface area contributed by atoms with Gasteiger partial charge in [-0.1, -0.05) is 42.8 Å². The van der Waals surface area contributed by atoms with Gasteiger partial charge in [-0.05, 0) is 31.2 Å². The first-order valence-corrected chi connectivity index (χ1v) is 7.71. The Morgan fingerprint density at radius 3 is 2.52 bits per heavy atom. The predicted molar refractivity (Wildman–Crippen MR) is 87.3 cm³/mol. The van der Waals surface area contributed by atoms with Crippen LogP contribution in [-0.4, -0.2) is 19.0 Å². The molecule has 110 valence electrons. The highest BCUT2D eigenvalue weighted by atomic mass is 16.2. The highest BCUT2D eigenvalue weighted by Crippen LogP contribution is 2.43. The fraction of sp³-hybridized carbons (Fsp3) is 0.389. The summed E-state index contributed by atoms with van der Waals surface area (Å²) in [5.74, 6) is 0.190. The van der Waals surface area contributed by atoms with Crippen LogP contribution in [0.1, 0.15) is 26.2 Å². The molecule has 1 saturated carbocycles. The first kappa shape index (κ1) is 14.1. The van der Waals surface area contributed by atoms with Crippen LogP contribution in [0.3, 0.4) is 0 Å². The monoisotopic (exact) mass is 282 g/mol. The summed E-state index contributed by atoms with van der Waals surface area (Å²) in [5, 5.41) is 2.29. The van der Waals surface area contributed by atoms with Crippen molar-refractivity contribution in [2.45, 2.75) is 26.2 Å². The van der Waals surface area contributed by atoms with Gasteiger partial charge < -0.3 is 10.6 Å². The van der Waals surface area contributed by atoms with Crippen LogP contribution in [0.4, 0.5) is 5.69 Å². The molecule has 0 unspecified atom stereocenters. The van der Waals surface area contributed by atoms with E-state index < -0.39 is 0 Å². The molecule has 3 rings (SSSR count). The average molecular weight is 282 g/mol. The zero-order valence-electron chi connectivity index (χ0n) is 12.5. The van der Waals surface area contributed by atoms with Crippen molar-refractivity contribution in [3.63, 3.8) is 0 Å². The van der Waals surface area contributed by atoms with E-state index in [0.29, 0.717) is 13.1 Å². The van der Waals surface area contributed by atoms with Crippen molar-refractivity contribution in [2.75, 3.05) is 18.0 Å². The number of rotatable bonds is 4. The summed E-state index contributed by atoms with van der Waals surface area (Å²) in [5.41, 5.74) is 6.58. The van der Waals surface area contributed by atoms with Crippen LogP contribution in [0.5, 0.6) is 0 Å². The molecule has 3 heteroatoms. The standard InChI is InChI=1S/C18H22N2O/c1-2-20(17(21)18(13-19)11-6-12-18)16-10-5-8-14-7-3-4-9-15(14)16/h3-5,7-10H,2,6,11-13,19H2,1H3. The zero-order valence-corrected chi connectivity index (χ0v) is 12.5. The van der Waals surface area contributed by atoms with E-state index in [1.165, 1.54) is 0 Å². The van der Waals surface area contributed by atoms with E-state index in [1.54, 1.807) is 0 Å².